The maximum atomic E-state index is 13.7. The number of nitrogens with zero attached hydrogens (tertiary/aromatic N) is 1. The van der Waals surface area contributed by atoms with Gasteiger partial charge in [-0.2, -0.15) is 0 Å². The van der Waals surface area contributed by atoms with E-state index in [4.69, 9.17) is 0 Å². The van der Waals surface area contributed by atoms with Gasteiger partial charge in [0.05, 0.1) is 11.3 Å². The van der Waals surface area contributed by atoms with Crippen molar-refractivity contribution in [3.05, 3.63) is 114 Å². The van der Waals surface area contributed by atoms with Gasteiger partial charge in [-0.05, 0) is 40.6 Å². The Morgan fingerprint density at radius 1 is 0.697 bits per heavy atom. The van der Waals surface area contributed by atoms with E-state index in [1.807, 2.05) is 97.1 Å². The fourth-order valence-electron chi connectivity index (χ4n) is 4.24. The number of nitrogens with one attached hydrogen (secondary N) is 1. The van der Waals surface area contributed by atoms with Crippen molar-refractivity contribution in [3.63, 3.8) is 0 Å². The Balaban J connectivity index is 1.61. The van der Waals surface area contributed by atoms with Crippen LogP contribution in [0.5, 0.6) is 0 Å². The Kier molecular flexibility index (Phi) is 5.27. The zero-order chi connectivity index (χ0) is 22.9. The molecule has 2 amide bonds. The van der Waals surface area contributed by atoms with Gasteiger partial charge in [0.1, 0.15) is 5.70 Å². The van der Waals surface area contributed by atoms with Crippen LogP contribution in [0.3, 0.4) is 0 Å². The van der Waals surface area contributed by atoms with Gasteiger partial charge in [-0.1, -0.05) is 92.7 Å². The normalized spacial score (nSPS) is 14.0. The summed E-state index contributed by atoms with van der Waals surface area (Å²) in [6, 6.07) is 30.8. The molecule has 1 heterocycles. The number of imide groups is 1. The average molecular weight is 433 g/mol. The van der Waals surface area contributed by atoms with Gasteiger partial charge >= 0.3 is 0 Å². The summed E-state index contributed by atoms with van der Waals surface area (Å²) in [5.74, 6) is -0.276. The molecule has 0 fully saturated rings. The quantitative estimate of drug-likeness (QED) is 0.373. The third kappa shape index (κ3) is 3.70. The van der Waals surface area contributed by atoms with Crippen molar-refractivity contribution in [2.75, 3.05) is 10.2 Å². The molecule has 0 saturated heterocycles. The highest BCUT2D eigenvalue weighted by molar-refractivity contribution is 6.47. The van der Waals surface area contributed by atoms with E-state index in [1.165, 1.54) is 10.5 Å². The second-order valence-corrected chi connectivity index (χ2v) is 8.46. The monoisotopic (exact) mass is 432 g/mol. The predicted octanol–water partition coefficient (Wildman–Crippen LogP) is 6.36. The van der Waals surface area contributed by atoms with Crippen molar-refractivity contribution in [2.45, 2.75) is 19.8 Å². The minimum Gasteiger partial charge on any atom is -0.350 e. The van der Waals surface area contributed by atoms with Crippen LogP contribution in [0.1, 0.15) is 30.9 Å². The SMILES string of the molecule is CC(C)c1ccc(NC2=C(c3ccccc3)C(=O)N(c3cccc4ccccc34)C2=O)cc1. The van der Waals surface area contributed by atoms with Gasteiger partial charge in [0.2, 0.25) is 0 Å². The molecular weight excluding hydrogens is 408 g/mol. The molecule has 0 atom stereocenters. The second-order valence-electron chi connectivity index (χ2n) is 8.46. The van der Waals surface area contributed by atoms with Crippen molar-refractivity contribution < 1.29 is 9.59 Å². The molecule has 0 bridgehead atoms. The minimum absolute atomic E-state index is 0.288. The van der Waals surface area contributed by atoms with Crippen LogP contribution in [0.4, 0.5) is 11.4 Å². The third-order valence-electron chi connectivity index (χ3n) is 6.00. The van der Waals surface area contributed by atoms with E-state index >= 15 is 0 Å². The molecule has 4 aromatic rings. The summed E-state index contributed by atoms with van der Waals surface area (Å²) in [7, 11) is 0. The molecule has 0 saturated carbocycles. The Bertz CT molecular complexity index is 1380. The first-order valence-electron chi connectivity index (χ1n) is 11.1. The number of hydrogen-bond acceptors (Lipinski definition) is 3. The number of anilines is 2. The summed E-state index contributed by atoms with van der Waals surface area (Å²) >= 11 is 0. The molecule has 1 aliphatic heterocycles. The zero-order valence-electron chi connectivity index (χ0n) is 18.6. The summed E-state index contributed by atoms with van der Waals surface area (Å²) in [6.07, 6.45) is 0. The molecule has 1 aliphatic rings. The highest BCUT2D eigenvalue weighted by Gasteiger charge is 2.40. The molecule has 1 N–H and O–H groups in total. The number of fused-ring (bicyclic) bond motifs is 1. The van der Waals surface area contributed by atoms with E-state index in [0.717, 1.165) is 16.5 Å². The van der Waals surface area contributed by atoms with Gasteiger partial charge < -0.3 is 5.32 Å². The molecular formula is C29H24N2O2. The number of benzene rings is 4. The lowest BCUT2D eigenvalue weighted by Gasteiger charge is -2.18. The summed E-state index contributed by atoms with van der Waals surface area (Å²) in [5, 5.41) is 5.08. The molecule has 4 heteroatoms. The fourth-order valence-corrected chi connectivity index (χ4v) is 4.24. The summed E-state index contributed by atoms with van der Waals surface area (Å²) < 4.78 is 0. The van der Waals surface area contributed by atoms with Crippen LogP contribution in [-0.4, -0.2) is 11.8 Å². The Hall–Kier alpha value is -4.18. The Morgan fingerprint density at radius 3 is 2.09 bits per heavy atom. The predicted molar refractivity (Wildman–Crippen MR) is 134 cm³/mol. The molecule has 4 aromatic carbocycles. The van der Waals surface area contributed by atoms with Crippen LogP contribution < -0.4 is 10.2 Å². The smallest absolute Gasteiger partial charge is 0.282 e. The second kappa shape index (κ2) is 8.40. The standard InChI is InChI=1S/C29H24N2O2/c1-19(2)20-15-17-23(18-16-20)30-27-26(22-10-4-3-5-11-22)28(32)31(29(27)33)25-14-8-12-21-9-6-7-13-24(21)25/h3-19,30H,1-2H3. The van der Waals surface area contributed by atoms with E-state index in [9.17, 15) is 9.59 Å². The lowest BCUT2D eigenvalue weighted by Crippen LogP contribution is -2.32. The van der Waals surface area contributed by atoms with Crippen LogP contribution in [-0.2, 0) is 9.59 Å². The highest BCUT2D eigenvalue weighted by atomic mass is 16.2. The van der Waals surface area contributed by atoms with Gasteiger partial charge in [-0.15, -0.1) is 0 Å². The number of hydrogen-bond donors (Lipinski definition) is 1. The lowest BCUT2D eigenvalue weighted by molar-refractivity contribution is -0.120. The topological polar surface area (TPSA) is 49.4 Å². The number of carbonyl (C=O) groups excluding carboxylic acids is 2. The first kappa shape index (κ1) is 20.7. The fraction of sp³-hybridized carbons (Fsp3) is 0.103. The first-order valence-corrected chi connectivity index (χ1v) is 11.1. The van der Waals surface area contributed by atoms with E-state index in [-0.39, 0.29) is 17.5 Å². The zero-order valence-corrected chi connectivity index (χ0v) is 18.6. The molecule has 33 heavy (non-hydrogen) atoms. The molecule has 0 spiro atoms. The largest absolute Gasteiger partial charge is 0.350 e. The van der Waals surface area contributed by atoms with E-state index < -0.39 is 0 Å². The minimum atomic E-state index is -0.358. The average Bonchev–Trinajstić information content (AvgIpc) is 3.08. The maximum Gasteiger partial charge on any atom is 0.282 e. The van der Waals surface area contributed by atoms with E-state index in [2.05, 4.69) is 19.2 Å². The van der Waals surface area contributed by atoms with Crippen LogP contribution >= 0.6 is 0 Å². The number of carbonyl (C=O) groups is 2. The van der Waals surface area contributed by atoms with Crippen molar-refractivity contribution in [1.29, 1.82) is 0 Å². The molecule has 0 radical (unpaired) electrons. The van der Waals surface area contributed by atoms with Gasteiger partial charge in [0.25, 0.3) is 11.8 Å². The third-order valence-corrected chi connectivity index (χ3v) is 6.00. The highest BCUT2D eigenvalue weighted by Crippen LogP contribution is 2.37. The van der Waals surface area contributed by atoms with Crippen LogP contribution in [0, 0.1) is 0 Å². The van der Waals surface area contributed by atoms with E-state index in [1.54, 1.807) is 0 Å². The van der Waals surface area contributed by atoms with Crippen molar-refractivity contribution in [2.24, 2.45) is 0 Å². The van der Waals surface area contributed by atoms with Crippen LogP contribution in [0.25, 0.3) is 16.3 Å². The summed E-state index contributed by atoms with van der Waals surface area (Å²) in [5.41, 5.74) is 3.94. The van der Waals surface area contributed by atoms with Crippen molar-refractivity contribution in [1.82, 2.24) is 0 Å². The molecule has 5 rings (SSSR count). The van der Waals surface area contributed by atoms with Gasteiger partial charge in [0, 0.05) is 11.1 Å². The summed E-state index contributed by atoms with van der Waals surface area (Å²) in [4.78, 5) is 28.7. The Labute approximate surface area is 193 Å². The van der Waals surface area contributed by atoms with Crippen molar-refractivity contribution in [3.8, 4) is 0 Å². The molecule has 162 valence electrons. The number of rotatable bonds is 5. The molecule has 0 unspecified atom stereocenters. The van der Waals surface area contributed by atoms with E-state index in [0.29, 0.717) is 22.7 Å². The van der Waals surface area contributed by atoms with Gasteiger partial charge in [0.15, 0.2) is 0 Å². The first-order chi connectivity index (χ1) is 16.0. The van der Waals surface area contributed by atoms with Crippen LogP contribution in [0.15, 0.2) is 103 Å². The summed E-state index contributed by atoms with van der Waals surface area (Å²) in [6.45, 7) is 4.28. The Morgan fingerprint density at radius 2 is 1.36 bits per heavy atom. The van der Waals surface area contributed by atoms with Crippen LogP contribution in [0.2, 0.25) is 0 Å². The maximum absolute atomic E-state index is 13.7. The molecule has 0 aromatic heterocycles. The number of amides is 2. The van der Waals surface area contributed by atoms with Gasteiger partial charge in [-0.3, -0.25) is 9.59 Å². The van der Waals surface area contributed by atoms with Gasteiger partial charge in [-0.25, -0.2) is 4.90 Å². The lowest BCUT2D eigenvalue weighted by atomic mass is 10.0. The molecule has 4 nitrogen and oxygen atoms in total. The van der Waals surface area contributed by atoms with Crippen molar-refractivity contribution >= 4 is 39.5 Å². The molecule has 0 aliphatic carbocycles.